The van der Waals surface area contributed by atoms with Crippen molar-refractivity contribution in [1.82, 2.24) is 29.1 Å². The van der Waals surface area contributed by atoms with E-state index in [2.05, 4.69) is 24.6 Å². The van der Waals surface area contributed by atoms with Crippen LogP contribution in [0.1, 0.15) is 5.69 Å². The second kappa shape index (κ2) is 6.81. The standard InChI is InChI=1S/C16H17N7O2S/c1-25-7-6-22-12-5-3-2-4-11(12)19-16(22)26-9-10-8-13(24)23-15(18-10)20-14(17)21-23/h2-5,8H,6-7,9H2,1H3,(H3,17,18,20,21). The maximum absolute atomic E-state index is 12.1. The normalized spacial score (nSPS) is 11.6. The molecule has 0 radical (unpaired) electrons. The smallest absolute Gasteiger partial charge is 0.274 e. The van der Waals surface area contributed by atoms with Crippen LogP contribution in [-0.4, -0.2) is 42.8 Å². The van der Waals surface area contributed by atoms with E-state index in [1.54, 1.807) is 7.11 Å². The molecule has 0 aliphatic carbocycles. The van der Waals surface area contributed by atoms with Crippen LogP contribution in [0.15, 0.2) is 40.3 Å². The number of hydrogen-bond acceptors (Lipinski definition) is 7. The molecule has 4 aromatic rings. The third-order valence-corrected chi connectivity index (χ3v) is 4.90. The predicted octanol–water partition coefficient (Wildman–Crippen LogP) is 1.29. The number of aromatic nitrogens is 6. The van der Waals surface area contributed by atoms with Gasteiger partial charge in [-0.05, 0) is 12.1 Å². The quantitative estimate of drug-likeness (QED) is 0.491. The molecule has 0 saturated carbocycles. The number of para-hydroxylation sites is 2. The average Bonchev–Trinajstić information content (AvgIpc) is 3.18. The summed E-state index contributed by atoms with van der Waals surface area (Å²) in [5, 5.41) is 3.50. The SMILES string of the molecule is COCCn1c(SCc2cc(=O)n3[nH]c(N)nc3n2)nc2ccccc21. The Morgan fingerprint density at radius 2 is 2.12 bits per heavy atom. The van der Waals surface area contributed by atoms with Crippen molar-refractivity contribution in [3.63, 3.8) is 0 Å². The Balaban J connectivity index is 1.64. The molecular weight excluding hydrogens is 354 g/mol. The van der Waals surface area contributed by atoms with Gasteiger partial charge in [0.25, 0.3) is 11.3 Å². The molecule has 0 unspecified atom stereocenters. The molecule has 10 heteroatoms. The predicted molar refractivity (Wildman–Crippen MR) is 99.2 cm³/mol. The Morgan fingerprint density at radius 1 is 1.27 bits per heavy atom. The van der Waals surface area contributed by atoms with E-state index < -0.39 is 0 Å². The number of methoxy groups -OCH3 is 1. The number of rotatable bonds is 6. The highest BCUT2D eigenvalue weighted by atomic mass is 32.2. The molecule has 3 N–H and O–H groups in total. The van der Waals surface area contributed by atoms with Crippen LogP contribution in [0.2, 0.25) is 0 Å². The average molecular weight is 371 g/mol. The number of nitrogens with one attached hydrogen (secondary N) is 1. The Hall–Kier alpha value is -2.85. The summed E-state index contributed by atoms with van der Waals surface area (Å²) in [6, 6.07) is 9.43. The lowest BCUT2D eigenvalue weighted by Crippen LogP contribution is -2.15. The molecule has 9 nitrogen and oxygen atoms in total. The zero-order valence-electron chi connectivity index (χ0n) is 14.0. The van der Waals surface area contributed by atoms with Crippen molar-refractivity contribution < 1.29 is 4.74 Å². The molecule has 0 spiro atoms. The number of benzene rings is 1. The van der Waals surface area contributed by atoms with Crippen LogP contribution in [0.25, 0.3) is 16.8 Å². The molecule has 0 atom stereocenters. The van der Waals surface area contributed by atoms with Gasteiger partial charge in [-0.3, -0.25) is 9.89 Å². The molecule has 3 heterocycles. The summed E-state index contributed by atoms with van der Waals surface area (Å²) in [5.74, 6) is 0.911. The largest absolute Gasteiger partial charge is 0.383 e. The van der Waals surface area contributed by atoms with Crippen LogP contribution in [0.3, 0.4) is 0 Å². The van der Waals surface area contributed by atoms with Gasteiger partial charge >= 0.3 is 0 Å². The van der Waals surface area contributed by atoms with Crippen LogP contribution in [0, 0.1) is 0 Å². The van der Waals surface area contributed by atoms with Gasteiger partial charge in [0.2, 0.25) is 5.95 Å². The van der Waals surface area contributed by atoms with E-state index in [1.807, 2.05) is 24.3 Å². The molecule has 26 heavy (non-hydrogen) atoms. The monoisotopic (exact) mass is 371 g/mol. The van der Waals surface area contributed by atoms with Gasteiger partial charge in [0.05, 0.1) is 23.3 Å². The van der Waals surface area contributed by atoms with E-state index in [0.717, 1.165) is 16.2 Å². The first-order chi connectivity index (χ1) is 12.7. The van der Waals surface area contributed by atoms with Gasteiger partial charge in [-0.2, -0.15) is 9.50 Å². The summed E-state index contributed by atoms with van der Waals surface area (Å²) in [4.78, 5) is 25.2. The summed E-state index contributed by atoms with van der Waals surface area (Å²) in [5.41, 5.74) is 7.94. The highest BCUT2D eigenvalue weighted by molar-refractivity contribution is 7.98. The number of H-pyrrole nitrogens is 1. The minimum Gasteiger partial charge on any atom is -0.383 e. The highest BCUT2D eigenvalue weighted by Crippen LogP contribution is 2.26. The Kier molecular flexibility index (Phi) is 4.35. The summed E-state index contributed by atoms with van der Waals surface area (Å²) < 4.78 is 8.54. The zero-order valence-corrected chi connectivity index (χ0v) is 14.9. The lowest BCUT2D eigenvalue weighted by Gasteiger charge is -2.08. The fourth-order valence-electron chi connectivity index (χ4n) is 2.72. The molecule has 0 amide bonds. The van der Waals surface area contributed by atoms with Crippen LogP contribution in [-0.2, 0) is 17.0 Å². The van der Waals surface area contributed by atoms with Crippen molar-refractivity contribution in [1.29, 1.82) is 0 Å². The lowest BCUT2D eigenvalue weighted by molar-refractivity contribution is 0.186. The van der Waals surface area contributed by atoms with Gasteiger partial charge in [-0.1, -0.05) is 23.9 Å². The molecule has 0 fully saturated rings. The first-order valence-corrected chi connectivity index (χ1v) is 8.95. The summed E-state index contributed by atoms with van der Waals surface area (Å²) in [6.07, 6.45) is 0. The van der Waals surface area contributed by atoms with Crippen LogP contribution < -0.4 is 11.3 Å². The van der Waals surface area contributed by atoms with E-state index in [9.17, 15) is 4.79 Å². The van der Waals surface area contributed by atoms with Crippen molar-refractivity contribution >= 4 is 34.5 Å². The molecule has 3 aromatic heterocycles. The van der Waals surface area contributed by atoms with Gasteiger partial charge in [0.15, 0.2) is 5.16 Å². The fraction of sp³-hybridized carbons (Fsp3) is 0.250. The van der Waals surface area contributed by atoms with Crippen molar-refractivity contribution in [3.8, 4) is 0 Å². The van der Waals surface area contributed by atoms with Crippen molar-refractivity contribution in [2.75, 3.05) is 19.5 Å². The lowest BCUT2D eigenvalue weighted by atomic mass is 10.3. The molecular formula is C16H17N7O2S. The third-order valence-electron chi connectivity index (χ3n) is 3.89. The van der Waals surface area contributed by atoms with Gasteiger partial charge in [-0.25, -0.2) is 9.97 Å². The third kappa shape index (κ3) is 3.04. The maximum atomic E-state index is 12.1. The topological polar surface area (TPSA) is 116 Å². The van der Waals surface area contributed by atoms with Crippen molar-refractivity contribution in [2.45, 2.75) is 17.5 Å². The first kappa shape index (κ1) is 16.6. The second-order valence-corrected chi connectivity index (χ2v) is 6.59. The van der Waals surface area contributed by atoms with Gasteiger partial charge in [0.1, 0.15) is 0 Å². The number of nitrogens with zero attached hydrogens (tertiary/aromatic N) is 5. The molecule has 1 aromatic carbocycles. The number of imidazole rings is 1. The van der Waals surface area contributed by atoms with E-state index in [1.165, 1.54) is 22.3 Å². The molecule has 0 saturated heterocycles. The number of hydrogen-bond donors (Lipinski definition) is 2. The number of fused-ring (bicyclic) bond motifs is 2. The van der Waals surface area contributed by atoms with Gasteiger partial charge < -0.3 is 15.0 Å². The van der Waals surface area contributed by atoms with Crippen LogP contribution >= 0.6 is 11.8 Å². The number of aromatic amines is 1. The van der Waals surface area contributed by atoms with Crippen molar-refractivity contribution in [3.05, 3.63) is 46.4 Å². The number of ether oxygens (including phenoxy) is 1. The van der Waals surface area contributed by atoms with E-state index in [4.69, 9.17) is 10.5 Å². The highest BCUT2D eigenvalue weighted by Gasteiger charge is 2.13. The van der Waals surface area contributed by atoms with Gasteiger partial charge in [0, 0.05) is 25.5 Å². The van der Waals surface area contributed by atoms with Crippen LogP contribution in [0.4, 0.5) is 5.95 Å². The molecule has 4 rings (SSSR count). The number of anilines is 1. The maximum Gasteiger partial charge on any atom is 0.274 e. The molecule has 0 aliphatic heterocycles. The summed E-state index contributed by atoms with van der Waals surface area (Å²) >= 11 is 1.52. The molecule has 134 valence electrons. The minimum atomic E-state index is -0.248. The Labute approximate surface area is 152 Å². The Morgan fingerprint density at radius 3 is 2.96 bits per heavy atom. The van der Waals surface area contributed by atoms with E-state index in [0.29, 0.717) is 24.6 Å². The number of nitrogens with two attached hydrogens (primary N) is 1. The first-order valence-electron chi connectivity index (χ1n) is 7.97. The minimum absolute atomic E-state index is 0.153. The van der Waals surface area contributed by atoms with E-state index in [-0.39, 0.29) is 17.3 Å². The van der Waals surface area contributed by atoms with E-state index >= 15 is 0 Å². The fourth-order valence-corrected chi connectivity index (χ4v) is 3.65. The molecule has 0 bridgehead atoms. The zero-order chi connectivity index (χ0) is 18.1. The second-order valence-electron chi connectivity index (χ2n) is 5.65. The number of nitrogen functional groups attached to an aromatic ring is 1. The Bertz CT molecular complexity index is 1130. The van der Waals surface area contributed by atoms with Gasteiger partial charge in [-0.15, -0.1) is 0 Å². The van der Waals surface area contributed by atoms with Crippen molar-refractivity contribution in [2.24, 2.45) is 0 Å². The summed E-state index contributed by atoms with van der Waals surface area (Å²) in [6.45, 7) is 1.29. The number of thioether (sulfide) groups is 1. The van der Waals surface area contributed by atoms with Crippen LogP contribution in [0.5, 0.6) is 0 Å². The summed E-state index contributed by atoms with van der Waals surface area (Å²) in [7, 11) is 1.67. The molecule has 0 aliphatic rings.